The number of primary amides is 1. The molecule has 0 aliphatic carbocycles. The Hall–Kier alpha value is -7.88. The monoisotopic (exact) mass is 980 g/mol. The number of amides is 8. The van der Waals surface area contributed by atoms with Crippen LogP contribution in [0.5, 0.6) is 0 Å². The Bertz CT molecular complexity index is 2340. The first-order chi connectivity index (χ1) is 34.1. The summed E-state index contributed by atoms with van der Waals surface area (Å²) in [5.74, 6) is -7.65. The molecule has 0 unspecified atom stereocenters. The zero-order chi connectivity index (χ0) is 51.3. The second-order valence-corrected chi connectivity index (χ2v) is 17.5. The van der Waals surface area contributed by atoms with Gasteiger partial charge in [0.15, 0.2) is 5.96 Å². The molecule has 2 heterocycles. The predicted molar refractivity (Wildman–Crippen MR) is 259 cm³/mol. The van der Waals surface area contributed by atoms with Gasteiger partial charge in [0.1, 0.15) is 36.3 Å². The van der Waals surface area contributed by atoms with Crippen LogP contribution in [0.3, 0.4) is 0 Å². The van der Waals surface area contributed by atoms with Crippen molar-refractivity contribution >= 4 is 59.2 Å². The van der Waals surface area contributed by atoms with Crippen molar-refractivity contribution in [2.24, 2.45) is 11.5 Å². The molecule has 2 aliphatic rings. The number of benzene rings is 3. The van der Waals surface area contributed by atoms with Crippen LogP contribution in [0, 0.1) is 5.41 Å². The largest absolute Gasteiger partial charge is 0.480 e. The number of nitrogens with two attached hydrogens (primary N) is 2. The average Bonchev–Trinajstić information content (AvgIpc) is 4.08. The molecule has 0 bridgehead atoms. The molecule has 0 aromatic heterocycles. The molecule has 0 radical (unpaired) electrons. The number of hydrogen-bond donors (Lipinski definition) is 12. The molecule has 380 valence electrons. The number of guanidine groups is 1. The molecular weight excluding hydrogens is 917 g/mol. The van der Waals surface area contributed by atoms with Gasteiger partial charge >= 0.3 is 5.97 Å². The van der Waals surface area contributed by atoms with E-state index in [1.807, 2.05) is 0 Å². The second-order valence-electron chi connectivity index (χ2n) is 17.5. The van der Waals surface area contributed by atoms with Crippen molar-refractivity contribution in [2.45, 2.75) is 107 Å². The van der Waals surface area contributed by atoms with Gasteiger partial charge in [0.05, 0.1) is 19.0 Å². The molecule has 2 aliphatic heterocycles. The minimum Gasteiger partial charge on any atom is -0.480 e. The number of hydrogen-bond acceptors (Lipinski definition) is 11. The number of aliphatic carboxylic acids is 1. The lowest BCUT2D eigenvalue weighted by Gasteiger charge is -2.28. The summed E-state index contributed by atoms with van der Waals surface area (Å²) >= 11 is 0. The number of likely N-dealkylation sites (tertiary alicyclic amines) is 1. The lowest BCUT2D eigenvalue weighted by molar-refractivity contribution is -0.149. The fraction of sp³-hybridized carbons (Fsp3) is 0.429. The van der Waals surface area contributed by atoms with E-state index in [1.54, 1.807) is 91.0 Å². The number of nitrogens with zero attached hydrogens (tertiary/aromatic N) is 1. The van der Waals surface area contributed by atoms with Crippen LogP contribution in [0.2, 0.25) is 0 Å². The van der Waals surface area contributed by atoms with Crippen molar-refractivity contribution in [2.75, 3.05) is 26.2 Å². The van der Waals surface area contributed by atoms with E-state index in [0.717, 1.165) is 6.42 Å². The fourth-order valence-corrected chi connectivity index (χ4v) is 8.40. The van der Waals surface area contributed by atoms with Gasteiger partial charge in [0.25, 0.3) is 0 Å². The van der Waals surface area contributed by atoms with Crippen molar-refractivity contribution < 1.29 is 48.3 Å². The second kappa shape index (κ2) is 27.3. The summed E-state index contributed by atoms with van der Waals surface area (Å²) < 4.78 is 0. The first-order valence-corrected chi connectivity index (χ1v) is 23.6. The molecule has 5 rings (SSSR count). The van der Waals surface area contributed by atoms with Gasteiger partial charge in [-0.05, 0) is 61.8 Å². The normalized spacial score (nSPS) is 17.2. The van der Waals surface area contributed by atoms with Crippen LogP contribution >= 0.6 is 0 Å². The lowest BCUT2D eigenvalue weighted by Crippen LogP contribution is -2.60. The molecule has 7 atom stereocenters. The van der Waals surface area contributed by atoms with E-state index in [1.165, 1.54) is 4.90 Å². The summed E-state index contributed by atoms with van der Waals surface area (Å²) in [5.41, 5.74) is 12.9. The van der Waals surface area contributed by atoms with Gasteiger partial charge in [-0.2, -0.15) is 0 Å². The van der Waals surface area contributed by atoms with Crippen molar-refractivity contribution in [3.63, 3.8) is 0 Å². The van der Waals surface area contributed by atoms with Gasteiger partial charge in [-0.3, -0.25) is 43.8 Å². The molecule has 2 saturated heterocycles. The van der Waals surface area contributed by atoms with Crippen molar-refractivity contribution in [3.05, 3.63) is 108 Å². The minimum atomic E-state index is -1.65. The number of carbonyl (C=O) groups is 9. The third-order valence-electron chi connectivity index (χ3n) is 12.0. The molecule has 0 spiro atoms. The van der Waals surface area contributed by atoms with Gasteiger partial charge in [0.2, 0.25) is 47.3 Å². The third kappa shape index (κ3) is 17.5. The van der Waals surface area contributed by atoms with E-state index >= 15 is 0 Å². The number of nitrogens with one attached hydrogen (secondary N) is 9. The van der Waals surface area contributed by atoms with Crippen molar-refractivity contribution in [1.29, 1.82) is 5.41 Å². The highest BCUT2D eigenvalue weighted by molar-refractivity contribution is 5.98. The van der Waals surface area contributed by atoms with Crippen LogP contribution in [-0.2, 0) is 62.4 Å². The van der Waals surface area contributed by atoms with E-state index in [2.05, 4.69) is 42.5 Å². The van der Waals surface area contributed by atoms with Crippen LogP contribution in [-0.4, -0.2) is 138 Å². The molecule has 2 fully saturated rings. The van der Waals surface area contributed by atoms with Gasteiger partial charge in [0, 0.05) is 32.4 Å². The third-order valence-corrected chi connectivity index (χ3v) is 12.0. The van der Waals surface area contributed by atoms with Crippen molar-refractivity contribution in [3.8, 4) is 0 Å². The molecule has 14 N–H and O–H groups in total. The summed E-state index contributed by atoms with van der Waals surface area (Å²) in [7, 11) is 0. The zero-order valence-electron chi connectivity index (χ0n) is 39.3. The standard InChI is InChI=1S/C49H64N12O10/c50-40(62)28-37(42(64)55-29-41(63)56-38(27-32-17-8-3-9-18-32)47(69)61-24-12-21-39(61)48(70)71)60-46(68)36(26-31-15-6-2-7-16-31)59-45(67)35(25-30-13-4-1-5-14-30)58-44(66)34(20-11-23-54-49(51)52)57-43(65)33-19-10-22-53-33/h1-9,13-18,33-39,53H,10-12,19-29H2,(H2,50,62)(H,55,64)(H,56,63)(H,57,65)(H,58,66)(H,59,67)(H,60,68)(H,70,71)(H4,51,52,54)/t33-,34-,35-,36-,37-,38-,39+/m0/s1. The maximum Gasteiger partial charge on any atom is 0.326 e. The molecule has 22 heteroatoms. The highest BCUT2D eigenvalue weighted by Crippen LogP contribution is 2.20. The smallest absolute Gasteiger partial charge is 0.326 e. The highest BCUT2D eigenvalue weighted by Gasteiger charge is 2.38. The van der Waals surface area contributed by atoms with E-state index in [0.29, 0.717) is 42.5 Å². The van der Waals surface area contributed by atoms with Gasteiger partial charge in [-0.1, -0.05) is 91.0 Å². The zero-order valence-corrected chi connectivity index (χ0v) is 39.3. The number of carboxylic acids is 1. The summed E-state index contributed by atoms with van der Waals surface area (Å²) in [6.07, 6.45) is 1.63. The van der Waals surface area contributed by atoms with Crippen LogP contribution in [0.15, 0.2) is 91.0 Å². The predicted octanol–water partition coefficient (Wildman–Crippen LogP) is -1.78. The lowest BCUT2D eigenvalue weighted by atomic mass is 10.0. The summed E-state index contributed by atoms with van der Waals surface area (Å²) in [4.78, 5) is 122. The molecule has 0 saturated carbocycles. The van der Waals surface area contributed by atoms with Crippen LogP contribution in [0.25, 0.3) is 0 Å². The fourth-order valence-electron chi connectivity index (χ4n) is 8.40. The minimum absolute atomic E-state index is 0.0161. The SMILES string of the molecule is N=C(N)NCCC[C@H](NC(=O)[C@@H]1CCCN1)C(=O)N[C@@H](Cc1ccccc1)C(=O)N[C@@H](Cc1ccccc1)C(=O)N[C@@H](CC(N)=O)C(=O)NCC(=O)N[C@@H](Cc1ccccc1)C(=O)N1CCC[C@@H]1C(=O)O. The molecule has 71 heavy (non-hydrogen) atoms. The summed E-state index contributed by atoms with van der Waals surface area (Å²) in [6.45, 7) is 0.323. The maximum absolute atomic E-state index is 14.4. The Morgan fingerprint density at radius 3 is 1.65 bits per heavy atom. The summed E-state index contributed by atoms with van der Waals surface area (Å²) in [6, 6.07) is 17.8. The van der Waals surface area contributed by atoms with Crippen LogP contribution in [0.1, 0.15) is 61.6 Å². The van der Waals surface area contributed by atoms with Gasteiger partial charge in [-0.15, -0.1) is 0 Å². The number of carbonyl (C=O) groups excluding carboxylic acids is 8. The molecule has 3 aromatic carbocycles. The van der Waals surface area contributed by atoms with Crippen molar-refractivity contribution in [1.82, 2.24) is 47.4 Å². The van der Waals surface area contributed by atoms with Gasteiger partial charge in [-0.25, -0.2) is 4.79 Å². The first kappa shape index (κ1) is 54.1. The Kier molecular flexibility index (Phi) is 20.8. The molecule has 3 aromatic rings. The quantitative estimate of drug-likeness (QED) is 0.0241. The molecular formula is C49H64N12O10. The van der Waals surface area contributed by atoms with E-state index in [9.17, 15) is 48.3 Å². The van der Waals surface area contributed by atoms with E-state index in [4.69, 9.17) is 16.9 Å². The maximum atomic E-state index is 14.4. The Morgan fingerprint density at radius 2 is 1.15 bits per heavy atom. The first-order valence-electron chi connectivity index (χ1n) is 23.6. The number of rotatable bonds is 26. The molecule has 22 nitrogen and oxygen atoms in total. The Morgan fingerprint density at radius 1 is 0.634 bits per heavy atom. The van der Waals surface area contributed by atoms with Crippen LogP contribution in [0.4, 0.5) is 0 Å². The average molecular weight is 981 g/mol. The van der Waals surface area contributed by atoms with Crippen LogP contribution < -0.4 is 54.0 Å². The highest BCUT2D eigenvalue weighted by atomic mass is 16.4. The number of carboxylic acid groups (broad SMARTS) is 1. The molecule has 8 amide bonds. The Labute approximate surface area is 411 Å². The Balaban J connectivity index is 1.32. The van der Waals surface area contributed by atoms with E-state index < -0.39 is 108 Å². The van der Waals surface area contributed by atoms with Gasteiger partial charge < -0.3 is 64.0 Å². The summed E-state index contributed by atoms with van der Waals surface area (Å²) in [5, 5.41) is 38.7. The topological polar surface area (TPSA) is 349 Å². The van der Waals surface area contributed by atoms with E-state index in [-0.39, 0.29) is 51.2 Å².